The Labute approximate surface area is 204 Å². The van der Waals surface area contributed by atoms with Gasteiger partial charge in [0.25, 0.3) is 0 Å². The maximum atomic E-state index is 5.57. The number of methoxy groups -OCH3 is 1. The Kier molecular flexibility index (Phi) is 6.87. The van der Waals surface area contributed by atoms with Crippen molar-refractivity contribution < 1.29 is 9.47 Å². The van der Waals surface area contributed by atoms with Gasteiger partial charge in [-0.25, -0.2) is 19.6 Å². The number of imidazole rings is 1. The molecule has 11 heteroatoms. The van der Waals surface area contributed by atoms with Crippen molar-refractivity contribution in [1.82, 2.24) is 34.3 Å². The van der Waals surface area contributed by atoms with Gasteiger partial charge in [0, 0.05) is 52.3 Å². The Morgan fingerprint density at radius 3 is 2.77 bits per heavy atom. The Balaban J connectivity index is 1.32. The number of piperidine rings is 1. The third kappa shape index (κ3) is 5.10. The summed E-state index contributed by atoms with van der Waals surface area (Å²) >= 11 is 0. The predicted molar refractivity (Wildman–Crippen MR) is 134 cm³/mol. The lowest BCUT2D eigenvalue weighted by molar-refractivity contribution is 0.0694. The molecule has 1 saturated heterocycles. The molecule has 0 atom stereocenters. The summed E-state index contributed by atoms with van der Waals surface area (Å²) in [6, 6.07) is 3.77. The summed E-state index contributed by atoms with van der Waals surface area (Å²) in [7, 11) is 3.75. The number of nitrogens with zero attached hydrogens (tertiary/aromatic N) is 8. The zero-order valence-electron chi connectivity index (χ0n) is 20.4. The first-order valence-corrected chi connectivity index (χ1v) is 12.0. The van der Waals surface area contributed by atoms with Crippen LogP contribution in [0.5, 0.6) is 0 Å². The molecule has 4 aromatic rings. The molecule has 0 radical (unpaired) electrons. The molecule has 0 bridgehead atoms. The summed E-state index contributed by atoms with van der Waals surface area (Å²) in [5.41, 5.74) is 2.70. The molecule has 0 aliphatic carbocycles. The van der Waals surface area contributed by atoms with Gasteiger partial charge in [0.2, 0.25) is 5.95 Å². The van der Waals surface area contributed by atoms with Crippen LogP contribution in [-0.2, 0) is 23.3 Å². The summed E-state index contributed by atoms with van der Waals surface area (Å²) in [4.78, 5) is 20.8. The van der Waals surface area contributed by atoms with Crippen molar-refractivity contribution >= 4 is 28.6 Å². The molecule has 184 valence electrons. The van der Waals surface area contributed by atoms with Gasteiger partial charge in [-0.1, -0.05) is 6.92 Å². The molecule has 0 saturated carbocycles. The van der Waals surface area contributed by atoms with E-state index in [-0.39, 0.29) is 0 Å². The second-order valence-electron chi connectivity index (χ2n) is 8.65. The van der Waals surface area contributed by atoms with E-state index in [0.29, 0.717) is 37.0 Å². The molecule has 0 amide bonds. The number of aryl methyl sites for hydroxylation is 1. The van der Waals surface area contributed by atoms with Crippen molar-refractivity contribution in [2.24, 2.45) is 7.05 Å². The lowest BCUT2D eigenvalue weighted by atomic mass is 10.1. The normalized spacial score (nSPS) is 14.7. The quantitative estimate of drug-likeness (QED) is 0.363. The average molecular weight is 478 g/mol. The standard InChI is InChI=1S/C24H31N9O2/c1-4-11-35-16-33-15-17(13-27-33)23-28-19-12-22(26-14-20(19)31(23)2)29-21-5-8-25-24(30-21)32-9-6-18(34-3)7-10-32/h5,8,12-15,18H,4,6-7,9-11,16H2,1-3H3,(H,25,26,29,30). The van der Waals surface area contributed by atoms with Gasteiger partial charge in [-0.2, -0.15) is 10.1 Å². The van der Waals surface area contributed by atoms with Gasteiger partial charge in [-0.15, -0.1) is 0 Å². The minimum atomic E-state index is 0.315. The lowest BCUT2D eigenvalue weighted by Crippen LogP contribution is -2.37. The Morgan fingerprint density at radius 1 is 1.11 bits per heavy atom. The van der Waals surface area contributed by atoms with E-state index in [2.05, 4.69) is 32.2 Å². The third-order valence-corrected chi connectivity index (χ3v) is 6.19. The fraction of sp³-hybridized carbons (Fsp3) is 0.458. The number of ether oxygens (including phenoxy) is 2. The SMILES string of the molecule is CCCOCn1cc(-c2nc3cc(Nc4ccnc(N5CCC(OC)CC5)n4)ncc3n2C)cn1. The fourth-order valence-electron chi connectivity index (χ4n) is 4.26. The van der Waals surface area contributed by atoms with Crippen LogP contribution in [0.1, 0.15) is 26.2 Å². The van der Waals surface area contributed by atoms with Crippen LogP contribution < -0.4 is 10.2 Å². The van der Waals surface area contributed by atoms with E-state index >= 15 is 0 Å². The number of pyridine rings is 1. The zero-order valence-corrected chi connectivity index (χ0v) is 20.4. The Bertz CT molecular complexity index is 1280. The van der Waals surface area contributed by atoms with Crippen molar-refractivity contribution in [3.8, 4) is 11.4 Å². The Morgan fingerprint density at radius 2 is 1.97 bits per heavy atom. The van der Waals surface area contributed by atoms with Crippen LogP contribution in [0.25, 0.3) is 22.4 Å². The van der Waals surface area contributed by atoms with Crippen LogP contribution in [0.3, 0.4) is 0 Å². The van der Waals surface area contributed by atoms with Crippen LogP contribution in [0, 0.1) is 0 Å². The maximum Gasteiger partial charge on any atom is 0.227 e. The van der Waals surface area contributed by atoms with E-state index in [0.717, 1.165) is 54.8 Å². The number of nitrogens with one attached hydrogen (secondary N) is 1. The van der Waals surface area contributed by atoms with E-state index in [9.17, 15) is 0 Å². The van der Waals surface area contributed by atoms with E-state index in [1.165, 1.54) is 0 Å². The van der Waals surface area contributed by atoms with Gasteiger partial charge in [0.05, 0.1) is 35.1 Å². The molecule has 35 heavy (non-hydrogen) atoms. The molecular formula is C24H31N9O2. The minimum Gasteiger partial charge on any atom is -0.381 e. The van der Waals surface area contributed by atoms with Crippen LogP contribution in [0.2, 0.25) is 0 Å². The Hall–Kier alpha value is -3.57. The second kappa shape index (κ2) is 10.4. The molecule has 1 aliphatic rings. The highest BCUT2D eigenvalue weighted by atomic mass is 16.5. The average Bonchev–Trinajstić information content (AvgIpc) is 3.48. The molecule has 0 aromatic carbocycles. The highest BCUT2D eigenvalue weighted by Gasteiger charge is 2.21. The third-order valence-electron chi connectivity index (χ3n) is 6.19. The number of hydrogen-bond donors (Lipinski definition) is 1. The highest BCUT2D eigenvalue weighted by Crippen LogP contribution is 2.26. The van der Waals surface area contributed by atoms with Gasteiger partial charge in [-0.3, -0.25) is 0 Å². The molecule has 1 N–H and O–H groups in total. The topological polar surface area (TPSA) is 108 Å². The number of rotatable bonds is 9. The minimum absolute atomic E-state index is 0.315. The van der Waals surface area contributed by atoms with Gasteiger partial charge in [0.15, 0.2) is 0 Å². The molecule has 0 unspecified atom stereocenters. The van der Waals surface area contributed by atoms with E-state index in [1.54, 1.807) is 24.2 Å². The molecule has 11 nitrogen and oxygen atoms in total. The van der Waals surface area contributed by atoms with Crippen molar-refractivity contribution in [3.63, 3.8) is 0 Å². The van der Waals surface area contributed by atoms with Crippen LogP contribution in [0.15, 0.2) is 36.9 Å². The van der Waals surface area contributed by atoms with Gasteiger partial charge < -0.3 is 24.3 Å². The molecule has 5 rings (SSSR count). The summed E-state index contributed by atoms with van der Waals surface area (Å²) in [6.07, 6.45) is 10.6. The number of hydrogen-bond acceptors (Lipinski definition) is 9. The van der Waals surface area contributed by atoms with E-state index in [4.69, 9.17) is 19.4 Å². The van der Waals surface area contributed by atoms with E-state index in [1.807, 2.05) is 36.1 Å². The predicted octanol–water partition coefficient (Wildman–Crippen LogP) is 3.36. The highest BCUT2D eigenvalue weighted by molar-refractivity contribution is 5.82. The first-order chi connectivity index (χ1) is 17.1. The fourth-order valence-corrected chi connectivity index (χ4v) is 4.26. The largest absolute Gasteiger partial charge is 0.381 e. The molecule has 1 fully saturated rings. The first kappa shape index (κ1) is 23.2. The monoisotopic (exact) mass is 477 g/mol. The van der Waals surface area contributed by atoms with Crippen LogP contribution >= 0.6 is 0 Å². The van der Waals surface area contributed by atoms with Crippen molar-refractivity contribution in [2.75, 3.05) is 37.0 Å². The molecule has 0 spiro atoms. The van der Waals surface area contributed by atoms with Gasteiger partial charge >= 0.3 is 0 Å². The molecule has 5 heterocycles. The van der Waals surface area contributed by atoms with Crippen molar-refractivity contribution in [2.45, 2.75) is 39.0 Å². The number of anilines is 3. The maximum absolute atomic E-state index is 5.57. The van der Waals surface area contributed by atoms with Crippen molar-refractivity contribution in [3.05, 3.63) is 36.9 Å². The van der Waals surface area contributed by atoms with Gasteiger partial charge in [0.1, 0.15) is 24.2 Å². The molecule has 1 aliphatic heterocycles. The zero-order chi connectivity index (χ0) is 24.2. The summed E-state index contributed by atoms with van der Waals surface area (Å²) in [5.74, 6) is 2.91. The summed E-state index contributed by atoms with van der Waals surface area (Å²) in [5, 5.41) is 7.69. The summed E-state index contributed by atoms with van der Waals surface area (Å²) in [6.45, 7) is 4.98. The van der Waals surface area contributed by atoms with Crippen molar-refractivity contribution in [1.29, 1.82) is 0 Å². The molecular weight excluding hydrogens is 446 g/mol. The molecule has 4 aromatic heterocycles. The summed E-state index contributed by atoms with van der Waals surface area (Å²) < 4.78 is 14.8. The lowest BCUT2D eigenvalue weighted by Gasteiger charge is -2.31. The van der Waals surface area contributed by atoms with E-state index < -0.39 is 0 Å². The smallest absolute Gasteiger partial charge is 0.227 e. The number of fused-ring (bicyclic) bond motifs is 1. The first-order valence-electron chi connectivity index (χ1n) is 12.0. The van der Waals surface area contributed by atoms with Crippen LogP contribution in [-0.4, -0.2) is 67.2 Å². The number of aromatic nitrogens is 7. The second-order valence-corrected chi connectivity index (χ2v) is 8.65. The van der Waals surface area contributed by atoms with Crippen LogP contribution in [0.4, 0.5) is 17.6 Å². The van der Waals surface area contributed by atoms with Gasteiger partial charge in [-0.05, 0) is 25.3 Å².